The molecule has 2 aliphatic rings. The largest absolute Gasteiger partial charge is 0.381 e. The number of aryl methyl sites for hydroxylation is 1. The number of carbonyl (C=O) groups is 1. The van der Waals surface area contributed by atoms with Crippen molar-refractivity contribution >= 4 is 5.91 Å². The molecule has 0 bridgehead atoms. The molecule has 2 aromatic rings. The van der Waals surface area contributed by atoms with E-state index in [4.69, 9.17) is 4.74 Å². The highest BCUT2D eigenvalue weighted by atomic mass is 16.5. The Bertz CT molecular complexity index is 845. The van der Waals surface area contributed by atoms with Crippen LogP contribution in [0.2, 0.25) is 0 Å². The first-order valence-electron chi connectivity index (χ1n) is 11.7. The van der Waals surface area contributed by atoms with Crippen LogP contribution in [-0.4, -0.2) is 58.4 Å². The standard InChI is InChI=1S/C24H35N5O2/c1-18(2)22(25-24(30)20-11-16-31-17-20)23-27-26-21-10-13-28(14-15-29(21)23)12-6-9-19-7-4-3-5-8-19/h3-5,7-8,18,20,22H,6,9-17H2,1-2H3,(H,25,30). The third-order valence-corrected chi connectivity index (χ3v) is 6.47. The fraction of sp³-hybridized carbons (Fsp3) is 0.625. The Labute approximate surface area is 185 Å². The molecule has 1 fully saturated rings. The van der Waals surface area contributed by atoms with Crippen molar-refractivity contribution in [2.24, 2.45) is 11.8 Å². The van der Waals surface area contributed by atoms with Crippen molar-refractivity contribution in [1.82, 2.24) is 25.0 Å². The Balaban J connectivity index is 1.36. The molecule has 1 saturated heterocycles. The van der Waals surface area contributed by atoms with Gasteiger partial charge in [-0.25, -0.2) is 0 Å². The normalized spacial score (nSPS) is 20.4. The van der Waals surface area contributed by atoms with Crippen LogP contribution in [-0.2, 0) is 28.9 Å². The minimum atomic E-state index is -0.126. The van der Waals surface area contributed by atoms with E-state index in [1.807, 2.05) is 0 Å². The van der Waals surface area contributed by atoms with Gasteiger partial charge in [0.15, 0.2) is 5.82 Å². The zero-order chi connectivity index (χ0) is 21.6. The van der Waals surface area contributed by atoms with E-state index in [1.165, 1.54) is 5.56 Å². The van der Waals surface area contributed by atoms with Gasteiger partial charge in [0.1, 0.15) is 5.82 Å². The van der Waals surface area contributed by atoms with Crippen molar-refractivity contribution in [3.63, 3.8) is 0 Å². The summed E-state index contributed by atoms with van der Waals surface area (Å²) < 4.78 is 7.63. The molecule has 1 N–H and O–H groups in total. The predicted molar refractivity (Wildman–Crippen MR) is 120 cm³/mol. The zero-order valence-corrected chi connectivity index (χ0v) is 18.8. The molecule has 7 heteroatoms. The third kappa shape index (κ3) is 5.52. The van der Waals surface area contributed by atoms with Crippen LogP contribution in [0, 0.1) is 11.8 Å². The molecule has 31 heavy (non-hydrogen) atoms. The van der Waals surface area contributed by atoms with E-state index in [2.05, 4.69) is 69.2 Å². The van der Waals surface area contributed by atoms with Gasteiger partial charge in [-0.3, -0.25) is 4.79 Å². The molecule has 0 spiro atoms. The highest BCUT2D eigenvalue weighted by molar-refractivity contribution is 5.79. The molecule has 2 atom stereocenters. The van der Waals surface area contributed by atoms with Crippen molar-refractivity contribution in [3.05, 3.63) is 47.5 Å². The van der Waals surface area contributed by atoms with Gasteiger partial charge >= 0.3 is 0 Å². The predicted octanol–water partition coefficient (Wildman–Crippen LogP) is 2.62. The molecule has 1 amide bonds. The van der Waals surface area contributed by atoms with Crippen molar-refractivity contribution in [2.75, 3.05) is 32.8 Å². The number of ether oxygens (including phenoxy) is 1. The molecule has 3 heterocycles. The fourth-order valence-electron chi connectivity index (χ4n) is 4.54. The molecule has 1 aromatic carbocycles. The highest BCUT2D eigenvalue weighted by Crippen LogP contribution is 2.24. The minimum Gasteiger partial charge on any atom is -0.381 e. The Kier molecular flexibility index (Phi) is 7.35. The highest BCUT2D eigenvalue weighted by Gasteiger charge is 2.31. The van der Waals surface area contributed by atoms with Crippen molar-refractivity contribution in [1.29, 1.82) is 0 Å². The third-order valence-electron chi connectivity index (χ3n) is 6.47. The molecule has 0 aliphatic carbocycles. The topological polar surface area (TPSA) is 72.3 Å². The maximum Gasteiger partial charge on any atom is 0.226 e. The van der Waals surface area contributed by atoms with Crippen LogP contribution in [0.25, 0.3) is 0 Å². The number of hydrogen-bond donors (Lipinski definition) is 1. The number of rotatable bonds is 8. The van der Waals surface area contributed by atoms with Gasteiger partial charge in [-0.2, -0.15) is 0 Å². The van der Waals surface area contributed by atoms with E-state index < -0.39 is 0 Å². The number of nitrogens with one attached hydrogen (secondary N) is 1. The quantitative estimate of drug-likeness (QED) is 0.704. The molecule has 7 nitrogen and oxygen atoms in total. The van der Waals surface area contributed by atoms with Crippen LogP contribution in [0.4, 0.5) is 0 Å². The van der Waals surface area contributed by atoms with Crippen molar-refractivity contribution in [2.45, 2.75) is 52.1 Å². The monoisotopic (exact) mass is 425 g/mol. The second-order valence-electron chi connectivity index (χ2n) is 9.10. The average molecular weight is 426 g/mol. The van der Waals surface area contributed by atoms with E-state index in [0.717, 1.165) is 63.5 Å². The minimum absolute atomic E-state index is 0.0483. The Hall–Kier alpha value is -2.25. The number of hydrogen-bond acceptors (Lipinski definition) is 5. The van der Waals surface area contributed by atoms with Gasteiger partial charge in [-0.05, 0) is 37.3 Å². The van der Waals surface area contributed by atoms with E-state index >= 15 is 0 Å². The number of nitrogens with zero attached hydrogens (tertiary/aromatic N) is 4. The summed E-state index contributed by atoms with van der Waals surface area (Å²) in [6.45, 7) is 9.41. The van der Waals surface area contributed by atoms with E-state index in [1.54, 1.807) is 0 Å². The van der Waals surface area contributed by atoms with Crippen LogP contribution >= 0.6 is 0 Å². The molecule has 4 rings (SSSR count). The lowest BCUT2D eigenvalue weighted by molar-refractivity contribution is -0.126. The second-order valence-corrected chi connectivity index (χ2v) is 9.10. The first-order chi connectivity index (χ1) is 15.1. The Morgan fingerprint density at radius 2 is 2.03 bits per heavy atom. The van der Waals surface area contributed by atoms with E-state index in [-0.39, 0.29) is 23.8 Å². The molecule has 168 valence electrons. The lowest BCUT2D eigenvalue weighted by Crippen LogP contribution is -2.38. The number of benzene rings is 1. The van der Waals surface area contributed by atoms with Crippen molar-refractivity contribution < 1.29 is 9.53 Å². The smallest absolute Gasteiger partial charge is 0.226 e. The maximum atomic E-state index is 12.7. The summed E-state index contributed by atoms with van der Waals surface area (Å²) in [7, 11) is 0. The van der Waals surface area contributed by atoms with E-state index in [9.17, 15) is 4.79 Å². The first-order valence-corrected chi connectivity index (χ1v) is 11.7. The summed E-state index contributed by atoms with van der Waals surface area (Å²) in [6, 6.07) is 10.6. The van der Waals surface area contributed by atoms with Gasteiger partial charge < -0.3 is 19.5 Å². The van der Waals surface area contributed by atoms with E-state index in [0.29, 0.717) is 13.2 Å². The number of amides is 1. The van der Waals surface area contributed by atoms with Gasteiger partial charge in [0, 0.05) is 32.7 Å². The summed E-state index contributed by atoms with van der Waals surface area (Å²) >= 11 is 0. The number of fused-ring (bicyclic) bond motifs is 1. The first kappa shape index (κ1) is 22.0. The molecular formula is C24H35N5O2. The molecular weight excluding hydrogens is 390 g/mol. The van der Waals surface area contributed by atoms with Gasteiger partial charge in [0.05, 0.1) is 18.6 Å². The Morgan fingerprint density at radius 3 is 2.77 bits per heavy atom. The summed E-state index contributed by atoms with van der Waals surface area (Å²) in [4.78, 5) is 15.2. The van der Waals surface area contributed by atoms with Crippen LogP contribution in [0.5, 0.6) is 0 Å². The Morgan fingerprint density at radius 1 is 1.19 bits per heavy atom. The molecule has 1 aromatic heterocycles. The van der Waals surface area contributed by atoms with Crippen LogP contribution < -0.4 is 5.32 Å². The second kappa shape index (κ2) is 10.4. The van der Waals surface area contributed by atoms with Gasteiger partial charge in [0.25, 0.3) is 0 Å². The zero-order valence-electron chi connectivity index (χ0n) is 18.8. The van der Waals surface area contributed by atoms with Gasteiger partial charge in [0.2, 0.25) is 5.91 Å². The van der Waals surface area contributed by atoms with Gasteiger partial charge in [-0.15, -0.1) is 10.2 Å². The lowest BCUT2D eigenvalue weighted by Gasteiger charge is -2.24. The molecule has 2 unspecified atom stereocenters. The van der Waals surface area contributed by atoms with Crippen LogP contribution in [0.3, 0.4) is 0 Å². The fourth-order valence-corrected chi connectivity index (χ4v) is 4.54. The maximum absolute atomic E-state index is 12.7. The summed E-state index contributed by atoms with van der Waals surface area (Å²) in [5.41, 5.74) is 1.40. The average Bonchev–Trinajstić information content (AvgIpc) is 3.40. The van der Waals surface area contributed by atoms with Crippen LogP contribution in [0.1, 0.15) is 49.9 Å². The van der Waals surface area contributed by atoms with Crippen molar-refractivity contribution in [3.8, 4) is 0 Å². The SMILES string of the molecule is CC(C)C(NC(=O)C1CCOC1)c1nnc2n1CCN(CCCc1ccccc1)CC2. The molecule has 0 radical (unpaired) electrons. The lowest BCUT2D eigenvalue weighted by atomic mass is 10.0. The van der Waals surface area contributed by atoms with Gasteiger partial charge in [-0.1, -0.05) is 44.2 Å². The number of aromatic nitrogens is 3. The molecule has 0 saturated carbocycles. The van der Waals surface area contributed by atoms with Crippen LogP contribution in [0.15, 0.2) is 30.3 Å². The molecule has 2 aliphatic heterocycles. The number of carbonyl (C=O) groups excluding carboxylic acids is 1. The summed E-state index contributed by atoms with van der Waals surface area (Å²) in [5.74, 6) is 2.19. The summed E-state index contributed by atoms with van der Waals surface area (Å²) in [5, 5.41) is 12.3. The summed E-state index contributed by atoms with van der Waals surface area (Å²) in [6.07, 6.45) is 3.96.